The van der Waals surface area contributed by atoms with Crippen LogP contribution in [0.25, 0.3) is 0 Å². The number of hydrogen-bond donors (Lipinski definition) is 2. The average Bonchev–Trinajstić information content (AvgIpc) is 2.66. The lowest BCUT2D eigenvalue weighted by Gasteiger charge is -2.03. The minimum atomic E-state index is -0.0912. The Morgan fingerprint density at radius 1 is 1.67 bits per heavy atom. The molecule has 1 aromatic rings. The zero-order valence-electron chi connectivity index (χ0n) is 9.03. The van der Waals surface area contributed by atoms with Gasteiger partial charge in [-0.05, 0) is 14.1 Å². The highest BCUT2D eigenvalue weighted by Crippen LogP contribution is 1.89. The Morgan fingerprint density at radius 3 is 3.07 bits per heavy atom. The van der Waals surface area contributed by atoms with Crippen LogP contribution in [-0.4, -0.2) is 41.4 Å². The van der Waals surface area contributed by atoms with Crippen molar-refractivity contribution in [3.8, 4) is 0 Å². The number of aromatic nitrogens is 2. The van der Waals surface area contributed by atoms with Gasteiger partial charge < -0.3 is 15.2 Å². The van der Waals surface area contributed by atoms with E-state index in [-0.39, 0.29) is 5.91 Å². The molecule has 0 saturated heterocycles. The first-order valence-electron chi connectivity index (χ1n) is 4.75. The van der Waals surface area contributed by atoms with Crippen LogP contribution in [0.1, 0.15) is 5.69 Å². The molecule has 2 N–H and O–H groups in total. The number of carbonyl (C=O) groups excluding carboxylic acids is 1. The first-order valence-corrected chi connectivity index (χ1v) is 4.75. The van der Waals surface area contributed by atoms with E-state index in [0.717, 1.165) is 12.2 Å². The number of aromatic amines is 1. The fourth-order valence-electron chi connectivity index (χ4n) is 0.993. The molecule has 1 heterocycles. The molecule has 0 aliphatic heterocycles. The molecule has 82 valence electrons. The minimum Gasteiger partial charge on any atom is -0.347 e. The molecule has 1 aromatic heterocycles. The van der Waals surface area contributed by atoms with E-state index >= 15 is 0 Å². The van der Waals surface area contributed by atoms with E-state index < -0.39 is 0 Å². The van der Waals surface area contributed by atoms with E-state index in [4.69, 9.17) is 0 Å². The van der Waals surface area contributed by atoms with Crippen LogP contribution < -0.4 is 5.32 Å². The Hall–Kier alpha value is -1.62. The van der Waals surface area contributed by atoms with Crippen molar-refractivity contribution in [2.45, 2.75) is 6.54 Å². The molecule has 0 radical (unpaired) electrons. The monoisotopic (exact) mass is 208 g/mol. The SMILES string of the molecule is CN(C)C/C=C/C(=O)NCc1cnc[nH]1. The van der Waals surface area contributed by atoms with Crippen molar-refractivity contribution in [1.82, 2.24) is 20.2 Å². The van der Waals surface area contributed by atoms with E-state index in [0.29, 0.717) is 6.54 Å². The molecule has 15 heavy (non-hydrogen) atoms. The molecule has 5 heteroatoms. The highest BCUT2D eigenvalue weighted by atomic mass is 16.1. The Labute approximate surface area is 89.2 Å². The van der Waals surface area contributed by atoms with Crippen molar-refractivity contribution in [2.75, 3.05) is 20.6 Å². The van der Waals surface area contributed by atoms with Crippen LogP contribution in [-0.2, 0) is 11.3 Å². The summed E-state index contributed by atoms with van der Waals surface area (Å²) in [5, 5.41) is 2.74. The molecule has 0 spiro atoms. The van der Waals surface area contributed by atoms with Crippen LogP contribution in [0.5, 0.6) is 0 Å². The number of amides is 1. The van der Waals surface area contributed by atoms with E-state index in [1.165, 1.54) is 6.08 Å². The zero-order chi connectivity index (χ0) is 11.1. The van der Waals surface area contributed by atoms with Gasteiger partial charge in [-0.1, -0.05) is 6.08 Å². The number of nitrogens with zero attached hydrogens (tertiary/aromatic N) is 2. The third-order valence-electron chi connectivity index (χ3n) is 1.75. The second-order valence-corrected chi connectivity index (χ2v) is 3.46. The lowest BCUT2D eigenvalue weighted by atomic mass is 10.4. The molecule has 0 atom stereocenters. The number of H-pyrrole nitrogens is 1. The summed E-state index contributed by atoms with van der Waals surface area (Å²) in [6.45, 7) is 1.24. The molecular weight excluding hydrogens is 192 g/mol. The molecular formula is C10H16N4O. The first kappa shape index (κ1) is 11.5. The molecule has 0 aliphatic rings. The van der Waals surface area contributed by atoms with Crippen molar-refractivity contribution < 1.29 is 4.79 Å². The topological polar surface area (TPSA) is 61.0 Å². The molecule has 0 bridgehead atoms. The van der Waals surface area contributed by atoms with Gasteiger partial charge in [0.05, 0.1) is 18.6 Å². The molecule has 1 amide bonds. The van der Waals surface area contributed by atoms with Gasteiger partial charge in [-0.3, -0.25) is 4.79 Å². The molecule has 0 aromatic carbocycles. The van der Waals surface area contributed by atoms with Crippen LogP contribution in [0.4, 0.5) is 0 Å². The summed E-state index contributed by atoms with van der Waals surface area (Å²) in [6, 6.07) is 0. The third kappa shape index (κ3) is 4.97. The number of carbonyl (C=O) groups is 1. The molecule has 0 aliphatic carbocycles. The maximum Gasteiger partial charge on any atom is 0.244 e. The van der Waals surface area contributed by atoms with Gasteiger partial charge >= 0.3 is 0 Å². The normalized spacial score (nSPS) is 11.1. The van der Waals surface area contributed by atoms with Crippen molar-refractivity contribution in [3.63, 3.8) is 0 Å². The summed E-state index contributed by atoms with van der Waals surface area (Å²) in [5.74, 6) is -0.0912. The molecule has 0 fully saturated rings. The van der Waals surface area contributed by atoms with Gasteiger partial charge in [-0.15, -0.1) is 0 Å². The van der Waals surface area contributed by atoms with Crippen molar-refractivity contribution >= 4 is 5.91 Å². The van der Waals surface area contributed by atoms with E-state index in [9.17, 15) is 4.79 Å². The van der Waals surface area contributed by atoms with E-state index in [1.807, 2.05) is 25.1 Å². The van der Waals surface area contributed by atoms with Gasteiger partial charge in [-0.25, -0.2) is 4.98 Å². The molecule has 0 unspecified atom stereocenters. The van der Waals surface area contributed by atoms with Gasteiger partial charge in [0.15, 0.2) is 0 Å². The van der Waals surface area contributed by atoms with Crippen LogP contribution in [0.3, 0.4) is 0 Å². The summed E-state index contributed by atoms with van der Waals surface area (Å²) in [7, 11) is 3.90. The summed E-state index contributed by atoms with van der Waals surface area (Å²) < 4.78 is 0. The van der Waals surface area contributed by atoms with Crippen LogP contribution in [0, 0.1) is 0 Å². The largest absolute Gasteiger partial charge is 0.347 e. The van der Waals surface area contributed by atoms with Crippen molar-refractivity contribution in [3.05, 3.63) is 30.4 Å². The number of likely N-dealkylation sites (N-methyl/N-ethyl adjacent to an activating group) is 1. The summed E-state index contributed by atoms with van der Waals surface area (Å²) >= 11 is 0. The quantitative estimate of drug-likeness (QED) is 0.677. The standard InChI is InChI=1S/C10H16N4O/c1-14(2)5-3-4-10(15)12-7-9-6-11-8-13-9/h3-4,6,8H,5,7H2,1-2H3,(H,11,13)(H,12,15)/b4-3+. The van der Waals surface area contributed by atoms with Crippen molar-refractivity contribution in [2.24, 2.45) is 0 Å². The fourth-order valence-corrected chi connectivity index (χ4v) is 0.993. The van der Waals surface area contributed by atoms with Gasteiger partial charge in [0.25, 0.3) is 0 Å². The lowest BCUT2D eigenvalue weighted by Crippen LogP contribution is -2.21. The Balaban J connectivity index is 2.22. The van der Waals surface area contributed by atoms with E-state index in [1.54, 1.807) is 12.5 Å². The Kier molecular flexibility index (Phi) is 4.56. The van der Waals surface area contributed by atoms with Gasteiger partial charge in [0.2, 0.25) is 5.91 Å². The second-order valence-electron chi connectivity index (χ2n) is 3.46. The summed E-state index contributed by atoms with van der Waals surface area (Å²) in [5.41, 5.74) is 0.893. The summed E-state index contributed by atoms with van der Waals surface area (Å²) in [6.07, 6.45) is 6.63. The maximum atomic E-state index is 11.3. The predicted octanol–water partition coefficient (Wildman–Crippen LogP) is 0.144. The molecule has 0 saturated carbocycles. The smallest absolute Gasteiger partial charge is 0.244 e. The van der Waals surface area contributed by atoms with Crippen LogP contribution >= 0.6 is 0 Å². The number of nitrogens with one attached hydrogen (secondary N) is 2. The number of imidazole rings is 1. The van der Waals surface area contributed by atoms with Gasteiger partial charge in [0.1, 0.15) is 0 Å². The van der Waals surface area contributed by atoms with Crippen molar-refractivity contribution in [1.29, 1.82) is 0 Å². The van der Waals surface area contributed by atoms with Crippen LogP contribution in [0.15, 0.2) is 24.7 Å². The molecule has 5 nitrogen and oxygen atoms in total. The lowest BCUT2D eigenvalue weighted by molar-refractivity contribution is -0.116. The zero-order valence-corrected chi connectivity index (χ0v) is 9.03. The summed E-state index contributed by atoms with van der Waals surface area (Å²) in [4.78, 5) is 20.0. The van der Waals surface area contributed by atoms with Gasteiger partial charge in [-0.2, -0.15) is 0 Å². The molecule has 1 rings (SSSR count). The highest BCUT2D eigenvalue weighted by Gasteiger charge is 1.96. The minimum absolute atomic E-state index is 0.0912. The van der Waals surface area contributed by atoms with Gasteiger partial charge in [0, 0.05) is 18.8 Å². The van der Waals surface area contributed by atoms with Crippen LogP contribution in [0.2, 0.25) is 0 Å². The predicted molar refractivity (Wildman–Crippen MR) is 58.1 cm³/mol. The average molecular weight is 208 g/mol. The second kappa shape index (κ2) is 5.98. The number of hydrogen-bond acceptors (Lipinski definition) is 3. The third-order valence-corrected chi connectivity index (χ3v) is 1.75. The fraction of sp³-hybridized carbons (Fsp3) is 0.400. The van der Waals surface area contributed by atoms with E-state index in [2.05, 4.69) is 15.3 Å². The first-order chi connectivity index (χ1) is 7.18. The highest BCUT2D eigenvalue weighted by molar-refractivity contribution is 5.87. The maximum absolute atomic E-state index is 11.3. The number of rotatable bonds is 5. The Morgan fingerprint density at radius 2 is 2.47 bits per heavy atom. The Bertz CT molecular complexity index is 316.